The van der Waals surface area contributed by atoms with Crippen LogP contribution in [0.25, 0.3) is 0 Å². The second-order valence-corrected chi connectivity index (χ2v) is 6.77. The van der Waals surface area contributed by atoms with Crippen LogP contribution < -0.4 is 10.6 Å². The summed E-state index contributed by atoms with van der Waals surface area (Å²) in [7, 11) is -3.24. The molecule has 18 heavy (non-hydrogen) atoms. The van der Waals surface area contributed by atoms with E-state index in [0.717, 1.165) is 25.9 Å². The van der Waals surface area contributed by atoms with Crippen molar-refractivity contribution in [3.8, 4) is 0 Å². The second-order valence-electron chi connectivity index (χ2n) is 4.79. The summed E-state index contributed by atoms with van der Waals surface area (Å²) in [6.07, 6.45) is 4.99. The van der Waals surface area contributed by atoms with Crippen molar-refractivity contribution in [2.75, 3.05) is 30.8 Å². The smallest absolute Gasteiger partial charge is 0.179 e. The minimum Gasteiger partial charge on any atom is -0.355 e. The predicted octanol–water partition coefficient (Wildman–Crippen LogP) is 0.660. The van der Waals surface area contributed by atoms with Crippen LogP contribution in [0.15, 0.2) is 23.2 Å². The molecule has 0 radical (unpaired) electrons. The van der Waals surface area contributed by atoms with E-state index in [9.17, 15) is 8.42 Å². The van der Waals surface area contributed by atoms with Crippen LogP contribution in [0.2, 0.25) is 0 Å². The Labute approximate surface area is 108 Å². The third-order valence-corrected chi connectivity index (χ3v) is 4.42. The maximum Gasteiger partial charge on any atom is 0.179 e. The number of rotatable bonds is 3. The van der Waals surface area contributed by atoms with Crippen LogP contribution >= 0.6 is 0 Å². The number of sulfone groups is 1. The van der Waals surface area contributed by atoms with Gasteiger partial charge in [-0.2, -0.15) is 0 Å². The molecule has 0 aromatic carbocycles. The van der Waals surface area contributed by atoms with Crippen LogP contribution in [-0.2, 0) is 9.84 Å². The summed E-state index contributed by atoms with van der Waals surface area (Å²) in [5.74, 6) is 0.992. The average molecular weight is 269 g/mol. The molecule has 1 aliphatic rings. The molecule has 1 atom stereocenters. The van der Waals surface area contributed by atoms with Crippen molar-refractivity contribution in [1.82, 2.24) is 4.98 Å². The zero-order valence-corrected chi connectivity index (χ0v) is 11.4. The second kappa shape index (κ2) is 5.24. The molecule has 2 heterocycles. The summed E-state index contributed by atoms with van der Waals surface area (Å²) < 4.78 is 23.5. The van der Waals surface area contributed by atoms with Gasteiger partial charge in [-0.05, 0) is 37.4 Å². The van der Waals surface area contributed by atoms with Gasteiger partial charge in [0.2, 0.25) is 0 Å². The maximum atomic E-state index is 11.8. The minimum absolute atomic E-state index is 0.308. The van der Waals surface area contributed by atoms with Gasteiger partial charge in [0.15, 0.2) is 9.84 Å². The van der Waals surface area contributed by atoms with E-state index in [4.69, 9.17) is 5.73 Å². The fraction of sp³-hybridized carbons (Fsp3) is 0.583. The van der Waals surface area contributed by atoms with Crippen LogP contribution in [0.1, 0.15) is 12.8 Å². The number of hydrogen-bond acceptors (Lipinski definition) is 5. The molecule has 0 amide bonds. The molecule has 1 aromatic rings. The van der Waals surface area contributed by atoms with Gasteiger partial charge in [-0.25, -0.2) is 13.4 Å². The molecule has 0 saturated carbocycles. The highest BCUT2D eigenvalue weighted by Gasteiger charge is 2.24. The van der Waals surface area contributed by atoms with Gasteiger partial charge in [0, 0.05) is 25.5 Å². The van der Waals surface area contributed by atoms with Crippen molar-refractivity contribution in [1.29, 1.82) is 0 Å². The summed E-state index contributed by atoms with van der Waals surface area (Å²) in [4.78, 5) is 6.59. The molecule has 1 fully saturated rings. The van der Waals surface area contributed by atoms with E-state index in [1.807, 2.05) is 4.90 Å². The van der Waals surface area contributed by atoms with Gasteiger partial charge in [0.05, 0.1) is 0 Å². The highest BCUT2D eigenvalue weighted by atomic mass is 32.2. The minimum atomic E-state index is -3.24. The number of nitrogens with zero attached hydrogens (tertiary/aromatic N) is 2. The Hall–Kier alpha value is -1.14. The third kappa shape index (κ3) is 2.81. The van der Waals surface area contributed by atoms with E-state index in [-0.39, 0.29) is 0 Å². The third-order valence-electron chi connectivity index (χ3n) is 3.30. The lowest BCUT2D eigenvalue weighted by atomic mass is 9.98. The Kier molecular flexibility index (Phi) is 3.87. The van der Waals surface area contributed by atoms with Crippen molar-refractivity contribution >= 4 is 15.7 Å². The van der Waals surface area contributed by atoms with E-state index in [0.29, 0.717) is 23.2 Å². The molecule has 0 spiro atoms. The topological polar surface area (TPSA) is 76.3 Å². The molecular weight excluding hydrogens is 250 g/mol. The number of hydrogen-bond donors (Lipinski definition) is 1. The normalized spacial score (nSPS) is 21.0. The number of aromatic nitrogens is 1. The van der Waals surface area contributed by atoms with Crippen molar-refractivity contribution in [2.45, 2.75) is 17.7 Å². The molecule has 6 heteroatoms. The Morgan fingerprint density at radius 3 is 3.00 bits per heavy atom. The van der Waals surface area contributed by atoms with Crippen molar-refractivity contribution < 1.29 is 8.42 Å². The monoisotopic (exact) mass is 269 g/mol. The van der Waals surface area contributed by atoms with Gasteiger partial charge in [0.1, 0.15) is 10.7 Å². The molecular formula is C12H19N3O2S. The SMILES string of the molecule is CS(=O)(=O)c1cccnc1N1CCCC(CN)C1. The van der Waals surface area contributed by atoms with E-state index in [2.05, 4.69) is 4.98 Å². The summed E-state index contributed by atoms with van der Waals surface area (Å²) in [5.41, 5.74) is 5.70. The maximum absolute atomic E-state index is 11.8. The summed E-state index contributed by atoms with van der Waals surface area (Å²) in [6, 6.07) is 3.27. The zero-order chi connectivity index (χ0) is 13.2. The number of anilines is 1. The first-order valence-corrected chi connectivity index (χ1v) is 8.01. The van der Waals surface area contributed by atoms with Crippen molar-refractivity contribution in [3.05, 3.63) is 18.3 Å². The highest BCUT2D eigenvalue weighted by molar-refractivity contribution is 7.90. The van der Waals surface area contributed by atoms with Crippen molar-refractivity contribution in [3.63, 3.8) is 0 Å². The Balaban J connectivity index is 2.33. The molecule has 1 aliphatic heterocycles. The first-order chi connectivity index (χ1) is 8.52. The number of nitrogens with two attached hydrogens (primary N) is 1. The standard InChI is InChI=1S/C12H19N3O2S/c1-18(16,17)11-5-2-6-14-12(11)15-7-3-4-10(8-13)9-15/h2,5-6,10H,3-4,7-9,13H2,1H3. The fourth-order valence-electron chi connectivity index (χ4n) is 2.36. The molecule has 1 saturated heterocycles. The van der Waals surface area contributed by atoms with Crippen molar-refractivity contribution in [2.24, 2.45) is 11.7 Å². The van der Waals surface area contributed by atoms with E-state index in [1.165, 1.54) is 6.26 Å². The Bertz CT molecular complexity index is 516. The molecule has 0 bridgehead atoms. The molecule has 5 nitrogen and oxygen atoms in total. The van der Waals surface area contributed by atoms with Gasteiger partial charge < -0.3 is 10.6 Å². The van der Waals surface area contributed by atoms with Gasteiger partial charge >= 0.3 is 0 Å². The molecule has 0 aliphatic carbocycles. The van der Waals surface area contributed by atoms with Crippen LogP contribution in [0.3, 0.4) is 0 Å². The lowest BCUT2D eigenvalue weighted by Crippen LogP contribution is -2.39. The molecule has 2 N–H and O–H groups in total. The van der Waals surface area contributed by atoms with Crippen LogP contribution in [0.5, 0.6) is 0 Å². The lowest BCUT2D eigenvalue weighted by Gasteiger charge is -2.33. The van der Waals surface area contributed by atoms with E-state index in [1.54, 1.807) is 18.3 Å². The average Bonchev–Trinajstić information content (AvgIpc) is 2.38. The van der Waals surface area contributed by atoms with E-state index >= 15 is 0 Å². The largest absolute Gasteiger partial charge is 0.355 e. The predicted molar refractivity (Wildman–Crippen MR) is 71.3 cm³/mol. The van der Waals surface area contributed by atoms with E-state index < -0.39 is 9.84 Å². The number of pyridine rings is 1. The lowest BCUT2D eigenvalue weighted by molar-refractivity contribution is 0.420. The van der Waals surface area contributed by atoms with Gasteiger partial charge in [-0.1, -0.05) is 0 Å². The molecule has 1 aromatic heterocycles. The van der Waals surface area contributed by atoms with Gasteiger partial charge in [0.25, 0.3) is 0 Å². The first kappa shape index (κ1) is 13.3. The van der Waals surface area contributed by atoms with Crippen LogP contribution in [-0.4, -0.2) is 39.3 Å². The molecule has 100 valence electrons. The summed E-state index contributed by atoms with van der Waals surface area (Å²) in [6.45, 7) is 2.27. The molecule has 2 rings (SSSR count). The fourth-order valence-corrected chi connectivity index (χ4v) is 3.20. The van der Waals surface area contributed by atoms with Gasteiger partial charge in [-0.3, -0.25) is 0 Å². The highest BCUT2D eigenvalue weighted by Crippen LogP contribution is 2.26. The summed E-state index contributed by atoms with van der Waals surface area (Å²) in [5, 5.41) is 0. The summed E-state index contributed by atoms with van der Waals surface area (Å²) >= 11 is 0. The Morgan fingerprint density at radius 1 is 1.56 bits per heavy atom. The zero-order valence-electron chi connectivity index (χ0n) is 10.5. The van der Waals surface area contributed by atoms with Crippen LogP contribution in [0.4, 0.5) is 5.82 Å². The quantitative estimate of drug-likeness (QED) is 0.872. The van der Waals surface area contributed by atoms with Crippen LogP contribution in [0, 0.1) is 5.92 Å². The first-order valence-electron chi connectivity index (χ1n) is 6.12. The molecule has 1 unspecified atom stereocenters. The number of piperidine rings is 1. The Morgan fingerprint density at radius 2 is 2.33 bits per heavy atom. The van der Waals surface area contributed by atoms with Gasteiger partial charge in [-0.15, -0.1) is 0 Å².